The third kappa shape index (κ3) is 5.84. The van der Waals surface area contributed by atoms with Crippen molar-refractivity contribution in [3.8, 4) is 11.5 Å². The Morgan fingerprint density at radius 2 is 1.87 bits per heavy atom. The minimum Gasteiger partial charge on any atom is -0.494 e. The fourth-order valence-corrected chi connectivity index (χ4v) is 6.01. The molecule has 1 amide bonds. The van der Waals surface area contributed by atoms with Gasteiger partial charge < -0.3 is 14.8 Å². The van der Waals surface area contributed by atoms with E-state index in [2.05, 4.69) is 5.32 Å². The van der Waals surface area contributed by atoms with Crippen molar-refractivity contribution in [2.24, 2.45) is 0 Å². The fourth-order valence-electron chi connectivity index (χ4n) is 4.19. The van der Waals surface area contributed by atoms with Gasteiger partial charge in [-0.25, -0.2) is 21.6 Å². The van der Waals surface area contributed by atoms with E-state index in [1.165, 1.54) is 44.4 Å². The van der Waals surface area contributed by atoms with Gasteiger partial charge in [-0.1, -0.05) is 23.7 Å². The number of allylic oxidation sites excluding steroid dienone is 1. The second-order valence-electron chi connectivity index (χ2n) is 8.78. The summed E-state index contributed by atoms with van der Waals surface area (Å²) in [7, 11) is -3.20. The molecule has 3 aromatic rings. The predicted octanol–water partition coefficient (Wildman–Crippen LogP) is 5.42. The molecule has 0 unspecified atom stereocenters. The molecule has 12 heteroatoms. The van der Waals surface area contributed by atoms with Crippen LogP contribution in [0.4, 0.5) is 18.9 Å². The molecule has 1 heterocycles. The van der Waals surface area contributed by atoms with Gasteiger partial charge in [0, 0.05) is 18.6 Å². The smallest absolute Gasteiger partial charge is 0.264 e. The Kier molecular flexibility index (Phi) is 8.12. The molecule has 0 saturated carbocycles. The molecule has 39 heavy (non-hydrogen) atoms. The van der Waals surface area contributed by atoms with Gasteiger partial charge >= 0.3 is 0 Å². The average Bonchev–Trinajstić information content (AvgIpc) is 2.87. The van der Waals surface area contributed by atoms with Gasteiger partial charge in [0.05, 0.1) is 35.8 Å². The summed E-state index contributed by atoms with van der Waals surface area (Å²) in [5.41, 5.74) is 0.571. The number of fused-ring (bicyclic) bond motifs is 1. The first-order valence-electron chi connectivity index (χ1n) is 11.7. The highest BCUT2D eigenvalue weighted by Crippen LogP contribution is 2.41. The lowest BCUT2D eigenvalue weighted by Gasteiger charge is -2.36. The lowest BCUT2D eigenvalue weighted by atomic mass is 10.0. The first-order chi connectivity index (χ1) is 18.4. The molecule has 0 saturated heterocycles. The second-order valence-corrected chi connectivity index (χ2v) is 11.1. The summed E-state index contributed by atoms with van der Waals surface area (Å²) in [6.07, 6.45) is 0.524. The van der Waals surface area contributed by atoms with E-state index in [0.717, 1.165) is 28.6 Å². The monoisotopic (exact) mass is 580 g/mol. The van der Waals surface area contributed by atoms with E-state index in [1.54, 1.807) is 6.92 Å². The maximum absolute atomic E-state index is 15.4. The summed E-state index contributed by atoms with van der Waals surface area (Å²) in [5, 5.41) is 2.69. The van der Waals surface area contributed by atoms with Crippen LogP contribution >= 0.6 is 11.6 Å². The maximum Gasteiger partial charge on any atom is 0.264 e. The molecule has 0 radical (unpaired) electrons. The van der Waals surface area contributed by atoms with Gasteiger partial charge in [-0.05, 0) is 54.5 Å². The molecule has 0 spiro atoms. The molecule has 0 bridgehead atoms. The van der Waals surface area contributed by atoms with E-state index in [-0.39, 0.29) is 57.2 Å². The number of carbonyl (C=O) groups is 1. The minimum absolute atomic E-state index is 0.0977. The largest absolute Gasteiger partial charge is 0.494 e. The summed E-state index contributed by atoms with van der Waals surface area (Å²) >= 11 is 6.16. The van der Waals surface area contributed by atoms with Crippen LogP contribution < -0.4 is 19.1 Å². The average molecular weight is 581 g/mol. The van der Waals surface area contributed by atoms with E-state index in [9.17, 15) is 22.0 Å². The van der Waals surface area contributed by atoms with Crippen molar-refractivity contribution in [3.05, 3.63) is 82.1 Å². The number of sulfonamides is 1. The molecule has 1 aliphatic rings. The highest BCUT2D eigenvalue weighted by Gasteiger charge is 2.37. The summed E-state index contributed by atoms with van der Waals surface area (Å²) in [4.78, 5) is 11.1. The number of methoxy groups -OCH3 is 1. The van der Waals surface area contributed by atoms with Crippen LogP contribution in [0.2, 0.25) is 5.02 Å². The van der Waals surface area contributed by atoms with Crippen LogP contribution in [0.1, 0.15) is 25.0 Å². The zero-order chi connectivity index (χ0) is 28.5. The van der Waals surface area contributed by atoms with Gasteiger partial charge in [-0.3, -0.25) is 9.10 Å². The van der Waals surface area contributed by atoms with Crippen LogP contribution in [0, 0.1) is 17.5 Å². The number of hydrogen-bond acceptors (Lipinski definition) is 5. The lowest BCUT2D eigenvalue weighted by Crippen LogP contribution is -2.48. The summed E-state index contributed by atoms with van der Waals surface area (Å²) in [6, 6.07) is 9.73. The molecule has 0 aromatic heterocycles. The van der Waals surface area contributed by atoms with Crippen LogP contribution in [0.25, 0.3) is 11.6 Å². The van der Waals surface area contributed by atoms with Crippen LogP contribution in [-0.4, -0.2) is 40.6 Å². The number of amides is 1. The highest BCUT2D eigenvalue weighted by atomic mass is 35.5. The molecule has 1 aliphatic heterocycles. The SMILES string of the molecule is COc1cc(S(=O)(=O)N2C[C@H](CNC(C)=O)Oc3c(F)cc(/C=C(\C)c4c(F)cccc4Cl)cc32)ccc1F. The number of carbonyl (C=O) groups excluding carboxylic acids is 1. The fraction of sp³-hybridized carbons (Fsp3) is 0.222. The van der Waals surface area contributed by atoms with Crippen LogP contribution in [0.3, 0.4) is 0 Å². The van der Waals surface area contributed by atoms with Crippen molar-refractivity contribution in [2.45, 2.75) is 24.8 Å². The Morgan fingerprint density at radius 3 is 2.54 bits per heavy atom. The van der Waals surface area contributed by atoms with Crippen molar-refractivity contribution >= 4 is 44.9 Å². The molecule has 3 aromatic carbocycles. The number of rotatable bonds is 7. The Hall–Kier alpha value is -3.70. The summed E-state index contributed by atoms with van der Waals surface area (Å²) in [6.45, 7) is 2.47. The molecule has 1 atom stereocenters. The number of ether oxygens (including phenoxy) is 2. The van der Waals surface area contributed by atoms with Gasteiger partial charge in [0.2, 0.25) is 5.91 Å². The van der Waals surface area contributed by atoms with Gasteiger partial charge in [-0.2, -0.15) is 0 Å². The Balaban J connectivity index is 1.85. The predicted molar refractivity (Wildman–Crippen MR) is 142 cm³/mol. The van der Waals surface area contributed by atoms with E-state index < -0.39 is 33.6 Å². The van der Waals surface area contributed by atoms with Crippen molar-refractivity contribution < 1.29 is 35.9 Å². The number of nitrogens with one attached hydrogen (secondary N) is 1. The van der Waals surface area contributed by atoms with Gasteiger partial charge in [0.25, 0.3) is 10.0 Å². The number of nitrogens with zero attached hydrogens (tertiary/aromatic N) is 1. The lowest BCUT2D eigenvalue weighted by molar-refractivity contribution is -0.119. The normalized spacial score (nSPS) is 15.4. The van der Waals surface area contributed by atoms with E-state index in [0.29, 0.717) is 5.57 Å². The quantitative estimate of drug-likeness (QED) is 0.377. The topological polar surface area (TPSA) is 84.9 Å². The zero-order valence-corrected chi connectivity index (χ0v) is 22.7. The van der Waals surface area contributed by atoms with Crippen molar-refractivity contribution in [1.29, 1.82) is 0 Å². The maximum atomic E-state index is 15.4. The van der Waals surface area contributed by atoms with Crippen molar-refractivity contribution in [2.75, 3.05) is 24.5 Å². The molecular formula is C27H24ClF3N2O5S. The zero-order valence-electron chi connectivity index (χ0n) is 21.1. The molecule has 1 N–H and O–H groups in total. The minimum atomic E-state index is -4.40. The standard InChI is InChI=1S/C27H24ClF3N2O5S/c1-15(26-20(28)5-4-6-22(26)30)9-17-10-23(31)27-24(11-17)33(14-18(38-27)13-32-16(2)34)39(35,36)19-7-8-21(29)25(12-19)37-3/h4-12,18H,13-14H2,1-3H3,(H,32,34)/b15-9+/t18-/m0/s1. The van der Waals surface area contributed by atoms with Crippen LogP contribution in [-0.2, 0) is 14.8 Å². The van der Waals surface area contributed by atoms with Crippen molar-refractivity contribution in [1.82, 2.24) is 5.32 Å². The van der Waals surface area contributed by atoms with E-state index in [4.69, 9.17) is 21.1 Å². The third-order valence-electron chi connectivity index (χ3n) is 6.00. The number of hydrogen-bond donors (Lipinski definition) is 1. The Morgan fingerprint density at radius 1 is 1.13 bits per heavy atom. The highest BCUT2D eigenvalue weighted by molar-refractivity contribution is 7.92. The summed E-state index contributed by atoms with van der Waals surface area (Å²) in [5.74, 6) is -3.25. The molecule has 0 fully saturated rings. The molecule has 4 rings (SSSR count). The molecule has 206 valence electrons. The van der Waals surface area contributed by atoms with Crippen LogP contribution in [0.15, 0.2) is 53.4 Å². The third-order valence-corrected chi connectivity index (χ3v) is 8.09. The summed E-state index contributed by atoms with van der Waals surface area (Å²) < 4.78 is 83.0. The first-order valence-corrected chi connectivity index (χ1v) is 13.5. The Bertz CT molecular complexity index is 1560. The second kappa shape index (κ2) is 11.2. The van der Waals surface area contributed by atoms with Gasteiger partial charge in [-0.15, -0.1) is 0 Å². The van der Waals surface area contributed by atoms with Crippen molar-refractivity contribution in [3.63, 3.8) is 0 Å². The molecule has 7 nitrogen and oxygen atoms in total. The molecular weight excluding hydrogens is 557 g/mol. The number of halogens is 4. The van der Waals surface area contributed by atoms with E-state index in [1.807, 2.05) is 0 Å². The van der Waals surface area contributed by atoms with Crippen LogP contribution in [0.5, 0.6) is 11.5 Å². The Labute approximate surface area is 228 Å². The molecule has 0 aliphatic carbocycles. The van der Waals surface area contributed by atoms with E-state index >= 15 is 4.39 Å². The number of anilines is 1. The van der Waals surface area contributed by atoms with Gasteiger partial charge in [0.1, 0.15) is 11.9 Å². The first kappa shape index (κ1) is 28.3. The number of benzene rings is 3. The van der Waals surface area contributed by atoms with Gasteiger partial charge in [0.15, 0.2) is 23.1 Å².